The largest absolute Gasteiger partial charge is 0.308 e. The van der Waals surface area contributed by atoms with Gasteiger partial charge >= 0.3 is 0 Å². The molecule has 16 heavy (non-hydrogen) atoms. The molecule has 0 aromatic heterocycles. The topological polar surface area (TPSA) is 40.6 Å². The zero-order valence-electron chi connectivity index (χ0n) is 9.43. The minimum Gasteiger partial charge on any atom is -0.308 e. The number of carbonyl (C=O) groups is 2. The van der Waals surface area contributed by atoms with Crippen LogP contribution in [-0.2, 0) is 0 Å². The third kappa shape index (κ3) is 1.72. The maximum Gasteiger partial charge on any atom is 0.261 e. The van der Waals surface area contributed by atoms with E-state index in [1.165, 1.54) is 4.90 Å². The van der Waals surface area contributed by atoms with Crippen molar-refractivity contribution in [3.8, 4) is 0 Å². The summed E-state index contributed by atoms with van der Waals surface area (Å²) in [6.07, 6.45) is 0. The smallest absolute Gasteiger partial charge is 0.261 e. The number of likely N-dealkylation sites (N-methyl/N-ethyl adjacent to an activating group) is 1. The molecule has 0 spiro atoms. The normalized spacial score (nSPS) is 14.8. The molecule has 4 heteroatoms. The van der Waals surface area contributed by atoms with Crippen LogP contribution in [0.5, 0.6) is 0 Å². The van der Waals surface area contributed by atoms with E-state index in [-0.39, 0.29) is 11.8 Å². The van der Waals surface area contributed by atoms with Crippen molar-refractivity contribution < 1.29 is 9.59 Å². The van der Waals surface area contributed by atoms with Gasteiger partial charge in [0.1, 0.15) is 0 Å². The SMILES string of the molecule is CN(C)CCN1C(=O)c2ccccc2C1=O. The third-order valence-corrected chi connectivity index (χ3v) is 2.65. The summed E-state index contributed by atoms with van der Waals surface area (Å²) in [5, 5.41) is 0. The van der Waals surface area contributed by atoms with Crippen LogP contribution in [0.15, 0.2) is 24.3 Å². The lowest BCUT2D eigenvalue weighted by molar-refractivity contribution is 0.0645. The molecule has 0 bridgehead atoms. The van der Waals surface area contributed by atoms with Crippen molar-refractivity contribution in [2.24, 2.45) is 0 Å². The molecule has 0 aliphatic carbocycles. The first-order valence-electron chi connectivity index (χ1n) is 5.21. The fraction of sp³-hybridized carbons (Fsp3) is 0.333. The summed E-state index contributed by atoms with van der Waals surface area (Å²) < 4.78 is 0. The molecule has 2 rings (SSSR count). The molecule has 4 nitrogen and oxygen atoms in total. The van der Waals surface area contributed by atoms with Gasteiger partial charge in [-0.1, -0.05) is 12.1 Å². The average Bonchev–Trinajstić information content (AvgIpc) is 2.50. The van der Waals surface area contributed by atoms with Crippen molar-refractivity contribution in [1.29, 1.82) is 0 Å². The van der Waals surface area contributed by atoms with Gasteiger partial charge in [0.05, 0.1) is 11.1 Å². The van der Waals surface area contributed by atoms with Crippen molar-refractivity contribution in [1.82, 2.24) is 9.80 Å². The number of amides is 2. The van der Waals surface area contributed by atoms with Crippen molar-refractivity contribution in [2.75, 3.05) is 27.2 Å². The van der Waals surface area contributed by atoms with Crippen LogP contribution in [0.25, 0.3) is 0 Å². The molecule has 0 atom stereocenters. The van der Waals surface area contributed by atoms with Crippen LogP contribution < -0.4 is 0 Å². The summed E-state index contributed by atoms with van der Waals surface area (Å²) in [5.74, 6) is -0.357. The van der Waals surface area contributed by atoms with E-state index < -0.39 is 0 Å². The minimum atomic E-state index is -0.178. The molecule has 0 saturated heterocycles. The van der Waals surface area contributed by atoms with E-state index in [4.69, 9.17) is 0 Å². The maximum atomic E-state index is 11.9. The molecule has 0 fully saturated rings. The molecular formula is C12H14N2O2. The number of carbonyl (C=O) groups excluding carboxylic acids is 2. The zero-order valence-corrected chi connectivity index (χ0v) is 9.43. The predicted molar refractivity (Wildman–Crippen MR) is 60.4 cm³/mol. The molecule has 2 amide bonds. The first kappa shape index (κ1) is 10.8. The molecule has 0 unspecified atom stereocenters. The zero-order chi connectivity index (χ0) is 11.7. The van der Waals surface area contributed by atoms with Gasteiger partial charge in [-0.15, -0.1) is 0 Å². The number of fused-ring (bicyclic) bond motifs is 1. The van der Waals surface area contributed by atoms with Crippen molar-refractivity contribution in [3.05, 3.63) is 35.4 Å². The second-order valence-corrected chi connectivity index (χ2v) is 4.11. The van der Waals surface area contributed by atoms with E-state index in [0.29, 0.717) is 24.2 Å². The van der Waals surface area contributed by atoms with Crippen LogP contribution in [0.3, 0.4) is 0 Å². The highest BCUT2D eigenvalue weighted by atomic mass is 16.2. The first-order chi connectivity index (χ1) is 7.61. The van der Waals surface area contributed by atoms with E-state index in [0.717, 1.165) is 0 Å². The van der Waals surface area contributed by atoms with Gasteiger partial charge in [-0.2, -0.15) is 0 Å². The summed E-state index contributed by atoms with van der Waals surface area (Å²) in [5.41, 5.74) is 1.04. The van der Waals surface area contributed by atoms with E-state index in [1.807, 2.05) is 19.0 Å². The third-order valence-electron chi connectivity index (χ3n) is 2.65. The lowest BCUT2D eigenvalue weighted by Crippen LogP contribution is -2.35. The van der Waals surface area contributed by atoms with E-state index in [1.54, 1.807) is 24.3 Å². The number of nitrogens with zero attached hydrogens (tertiary/aromatic N) is 2. The Labute approximate surface area is 94.5 Å². The number of benzene rings is 1. The number of hydrogen-bond donors (Lipinski definition) is 0. The summed E-state index contributed by atoms with van der Waals surface area (Å²) in [6.45, 7) is 1.13. The highest BCUT2D eigenvalue weighted by Crippen LogP contribution is 2.21. The average molecular weight is 218 g/mol. The van der Waals surface area contributed by atoms with Crippen molar-refractivity contribution in [2.45, 2.75) is 0 Å². The second-order valence-electron chi connectivity index (χ2n) is 4.11. The van der Waals surface area contributed by atoms with E-state index >= 15 is 0 Å². The van der Waals surface area contributed by atoms with Gasteiger partial charge in [0.2, 0.25) is 0 Å². The molecule has 1 heterocycles. The highest BCUT2D eigenvalue weighted by molar-refractivity contribution is 6.21. The number of hydrogen-bond acceptors (Lipinski definition) is 3. The van der Waals surface area contributed by atoms with Crippen LogP contribution in [0.4, 0.5) is 0 Å². The van der Waals surface area contributed by atoms with Gasteiger partial charge in [0.25, 0.3) is 11.8 Å². The molecule has 1 aromatic rings. The number of imide groups is 1. The Kier molecular flexibility index (Phi) is 2.75. The fourth-order valence-electron chi connectivity index (χ4n) is 1.74. The molecule has 1 aliphatic heterocycles. The Morgan fingerprint density at radius 1 is 1.06 bits per heavy atom. The number of rotatable bonds is 3. The van der Waals surface area contributed by atoms with Gasteiger partial charge in [0.15, 0.2) is 0 Å². The van der Waals surface area contributed by atoms with Crippen molar-refractivity contribution >= 4 is 11.8 Å². The van der Waals surface area contributed by atoms with Crippen LogP contribution in [-0.4, -0.2) is 48.8 Å². The van der Waals surface area contributed by atoms with Gasteiger partial charge in [0, 0.05) is 13.1 Å². The standard InChI is InChI=1S/C12H14N2O2/c1-13(2)7-8-14-11(15)9-5-3-4-6-10(9)12(14)16/h3-6H,7-8H2,1-2H3. The monoisotopic (exact) mass is 218 g/mol. The van der Waals surface area contributed by atoms with Crippen LogP contribution in [0.1, 0.15) is 20.7 Å². The molecule has 84 valence electrons. The van der Waals surface area contributed by atoms with E-state index in [2.05, 4.69) is 0 Å². The summed E-state index contributed by atoms with van der Waals surface area (Å²) >= 11 is 0. The highest BCUT2D eigenvalue weighted by Gasteiger charge is 2.34. The Hall–Kier alpha value is -1.68. The Morgan fingerprint density at radius 3 is 2.00 bits per heavy atom. The van der Waals surface area contributed by atoms with Crippen LogP contribution >= 0.6 is 0 Å². The molecule has 0 N–H and O–H groups in total. The molecular weight excluding hydrogens is 204 g/mol. The van der Waals surface area contributed by atoms with Crippen LogP contribution in [0, 0.1) is 0 Å². The van der Waals surface area contributed by atoms with Gasteiger partial charge in [-0.3, -0.25) is 14.5 Å². The van der Waals surface area contributed by atoms with Crippen LogP contribution in [0.2, 0.25) is 0 Å². The Bertz CT molecular complexity index is 405. The van der Waals surface area contributed by atoms with Gasteiger partial charge in [-0.25, -0.2) is 0 Å². The molecule has 0 saturated carbocycles. The predicted octanol–water partition coefficient (Wildman–Crippen LogP) is 0.844. The second kappa shape index (κ2) is 4.06. The molecule has 1 aliphatic rings. The molecule has 1 aromatic carbocycles. The lowest BCUT2D eigenvalue weighted by Gasteiger charge is -2.16. The van der Waals surface area contributed by atoms with Gasteiger partial charge in [-0.05, 0) is 26.2 Å². The maximum absolute atomic E-state index is 11.9. The quantitative estimate of drug-likeness (QED) is 0.706. The summed E-state index contributed by atoms with van der Waals surface area (Å²) in [7, 11) is 3.83. The van der Waals surface area contributed by atoms with Crippen molar-refractivity contribution in [3.63, 3.8) is 0 Å². The first-order valence-corrected chi connectivity index (χ1v) is 5.21. The summed E-state index contributed by atoms with van der Waals surface area (Å²) in [4.78, 5) is 27.1. The summed E-state index contributed by atoms with van der Waals surface area (Å²) in [6, 6.07) is 6.95. The minimum absolute atomic E-state index is 0.178. The lowest BCUT2D eigenvalue weighted by atomic mass is 10.1. The van der Waals surface area contributed by atoms with Gasteiger partial charge < -0.3 is 4.90 Å². The Morgan fingerprint density at radius 2 is 1.56 bits per heavy atom. The molecule has 0 radical (unpaired) electrons. The Balaban J connectivity index is 2.22. The van der Waals surface area contributed by atoms with E-state index in [9.17, 15) is 9.59 Å². The fourth-order valence-corrected chi connectivity index (χ4v) is 1.74.